The number of rotatable bonds is 4. The molecule has 3 aliphatic heterocycles. The van der Waals surface area contributed by atoms with Gasteiger partial charge in [-0.15, -0.1) is 0 Å². The van der Waals surface area contributed by atoms with E-state index in [4.69, 9.17) is 4.74 Å². The standard InChI is InChI=1S/C17H31N3O2/c21-16(15-4-8-18-9-5-15)19-14-17(6-12-22-13-7-17)20-10-2-1-3-11-20/h15,18H,1-14H2,(H,19,21). The predicted octanol–water partition coefficient (Wildman–Crippen LogP) is 1.14. The van der Waals surface area contributed by atoms with Gasteiger partial charge in [-0.05, 0) is 64.7 Å². The Kier molecular flexibility index (Phi) is 5.71. The second-order valence-electron chi connectivity index (χ2n) is 7.13. The molecule has 3 saturated heterocycles. The highest BCUT2D eigenvalue weighted by Crippen LogP contribution is 2.30. The smallest absolute Gasteiger partial charge is 0.223 e. The Bertz CT molecular complexity index is 357. The molecule has 0 aromatic rings. The molecular weight excluding hydrogens is 278 g/mol. The molecule has 0 aromatic carbocycles. The maximum Gasteiger partial charge on any atom is 0.223 e. The molecule has 0 unspecified atom stereocenters. The molecule has 3 rings (SSSR count). The van der Waals surface area contributed by atoms with Crippen LogP contribution in [0.1, 0.15) is 44.9 Å². The number of nitrogens with zero attached hydrogens (tertiary/aromatic N) is 1. The van der Waals surface area contributed by atoms with Crippen molar-refractivity contribution in [1.82, 2.24) is 15.5 Å². The summed E-state index contributed by atoms with van der Waals surface area (Å²) in [6.07, 6.45) is 8.01. The summed E-state index contributed by atoms with van der Waals surface area (Å²) in [5, 5.41) is 6.63. The summed E-state index contributed by atoms with van der Waals surface area (Å²) in [6.45, 7) is 6.79. The van der Waals surface area contributed by atoms with Crippen LogP contribution in [0.5, 0.6) is 0 Å². The Hall–Kier alpha value is -0.650. The zero-order chi connectivity index (χ0) is 15.3. The van der Waals surface area contributed by atoms with E-state index in [9.17, 15) is 4.79 Å². The third-order valence-corrected chi connectivity index (χ3v) is 5.75. The maximum absolute atomic E-state index is 12.5. The highest BCUT2D eigenvalue weighted by molar-refractivity contribution is 5.78. The minimum atomic E-state index is 0.140. The second-order valence-corrected chi connectivity index (χ2v) is 7.13. The zero-order valence-electron chi connectivity index (χ0n) is 13.7. The summed E-state index contributed by atoms with van der Waals surface area (Å²) in [5.74, 6) is 0.476. The first-order valence-corrected chi connectivity index (χ1v) is 9.11. The number of hydrogen-bond acceptors (Lipinski definition) is 4. The summed E-state index contributed by atoms with van der Waals surface area (Å²) >= 11 is 0. The lowest BCUT2D eigenvalue weighted by Crippen LogP contribution is -2.60. The van der Waals surface area contributed by atoms with Gasteiger partial charge in [0, 0.05) is 31.2 Å². The van der Waals surface area contributed by atoms with Gasteiger partial charge >= 0.3 is 0 Å². The molecule has 0 radical (unpaired) electrons. The van der Waals surface area contributed by atoms with Gasteiger partial charge in [-0.1, -0.05) is 6.42 Å². The van der Waals surface area contributed by atoms with Crippen LogP contribution in [0.4, 0.5) is 0 Å². The minimum Gasteiger partial charge on any atom is -0.381 e. The van der Waals surface area contributed by atoms with E-state index in [1.807, 2.05) is 0 Å². The molecular formula is C17H31N3O2. The number of hydrogen-bond donors (Lipinski definition) is 2. The monoisotopic (exact) mass is 309 g/mol. The van der Waals surface area contributed by atoms with E-state index < -0.39 is 0 Å². The maximum atomic E-state index is 12.5. The van der Waals surface area contributed by atoms with Gasteiger partial charge in [0.2, 0.25) is 5.91 Å². The number of ether oxygens (including phenoxy) is 1. The molecule has 0 aromatic heterocycles. The van der Waals surface area contributed by atoms with Gasteiger partial charge in [-0.2, -0.15) is 0 Å². The highest BCUT2D eigenvalue weighted by atomic mass is 16.5. The van der Waals surface area contributed by atoms with Crippen molar-refractivity contribution < 1.29 is 9.53 Å². The number of amides is 1. The van der Waals surface area contributed by atoms with E-state index in [2.05, 4.69) is 15.5 Å². The number of likely N-dealkylation sites (tertiary alicyclic amines) is 1. The first-order valence-electron chi connectivity index (χ1n) is 9.11. The summed E-state index contributed by atoms with van der Waals surface area (Å²) in [6, 6.07) is 0. The normalized spacial score (nSPS) is 27.5. The van der Waals surface area contributed by atoms with Crippen LogP contribution >= 0.6 is 0 Å². The summed E-state index contributed by atoms with van der Waals surface area (Å²) in [7, 11) is 0. The molecule has 126 valence electrons. The lowest BCUT2D eigenvalue weighted by atomic mass is 9.85. The molecule has 3 heterocycles. The first-order chi connectivity index (χ1) is 10.8. The molecule has 2 N–H and O–H groups in total. The van der Waals surface area contributed by atoms with Crippen molar-refractivity contribution in [3.05, 3.63) is 0 Å². The quantitative estimate of drug-likeness (QED) is 0.818. The van der Waals surface area contributed by atoms with Crippen molar-refractivity contribution in [3.8, 4) is 0 Å². The molecule has 3 aliphatic rings. The van der Waals surface area contributed by atoms with E-state index in [0.29, 0.717) is 0 Å². The number of nitrogens with one attached hydrogen (secondary N) is 2. The first kappa shape index (κ1) is 16.2. The Morgan fingerprint density at radius 1 is 1.14 bits per heavy atom. The molecule has 3 fully saturated rings. The number of carbonyl (C=O) groups excluding carboxylic acids is 1. The van der Waals surface area contributed by atoms with Crippen LogP contribution < -0.4 is 10.6 Å². The van der Waals surface area contributed by atoms with Gasteiger partial charge < -0.3 is 15.4 Å². The fourth-order valence-electron chi connectivity index (χ4n) is 4.20. The third-order valence-electron chi connectivity index (χ3n) is 5.75. The Labute approximate surface area is 134 Å². The summed E-state index contributed by atoms with van der Waals surface area (Å²) < 4.78 is 5.59. The Morgan fingerprint density at radius 3 is 2.50 bits per heavy atom. The van der Waals surface area contributed by atoms with Crippen molar-refractivity contribution in [3.63, 3.8) is 0 Å². The van der Waals surface area contributed by atoms with Crippen LogP contribution in [-0.2, 0) is 9.53 Å². The van der Waals surface area contributed by atoms with E-state index in [-0.39, 0.29) is 17.4 Å². The average Bonchev–Trinajstić information content (AvgIpc) is 2.62. The molecule has 0 atom stereocenters. The Morgan fingerprint density at radius 2 is 1.82 bits per heavy atom. The van der Waals surface area contributed by atoms with Crippen molar-refractivity contribution in [2.24, 2.45) is 5.92 Å². The fraction of sp³-hybridized carbons (Fsp3) is 0.941. The highest BCUT2D eigenvalue weighted by Gasteiger charge is 2.39. The van der Waals surface area contributed by atoms with Crippen LogP contribution in [0.15, 0.2) is 0 Å². The lowest BCUT2D eigenvalue weighted by molar-refractivity contribution is -0.127. The van der Waals surface area contributed by atoms with Crippen molar-refractivity contribution in [1.29, 1.82) is 0 Å². The van der Waals surface area contributed by atoms with Crippen LogP contribution in [0.25, 0.3) is 0 Å². The van der Waals surface area contributed by atoms with E-state index in [1.165, 1.54) is 32.4 Å². The van der Waals surface area contributed by atoms with Crippen molar-refractivity contribution in [2.45, 2.75) is 50.5 Å². The molecule has 0 aliphatic carbocycles. The van der Waals surface area contributed by atoms with Gasteiger partial charge in [-0.25, -0.2) is 0 Å². The minimum absolute atomic E-state index is 0.140. The van der Waals surface area contributed by atoms with Gasteiger partial charge in [0.15, 0.2) is 0 Å². The molecule has 22 heavy (non-hydrogen) atoms. The van der Waals surface area contributed by atoms with Crippen LogP contribution in [-0.4, -0.2) is 62.3 Å². The van der Waals surface area contributed by atoms with Crippen LogP contribution in [0.2, 0.25) is 0 Å². The third kappa shape index (κ3) is 3.81. The topological polar surface area (TPSA) is 53.6 Å². The molecule has 5 heteroatoms. The molecule has 1 amide bonds. The zero-order valence-corrected chi connectivity index (χ0v) is 13.7. The number of carbonyl (C=O) groups is 1. The molecule has 5 nitrogen and oxygen atoms in total. The summed E-state index contributed by atoms with van der Waals surface area (Å²) in [4.78, 5) is 15.1. The van der Waals surface area contributed by atoms with Gasteiger partial charge in [-0.3, -0.25) is 9.69 Å². The van der Waals surface area contributed by atoms with E-state index >= 15 is 0 Å². The average molecular weight is 309 g/mol. The second kappa shape index (κ2) is 7.75. The van der Waals surface area contributed by atoms with Crippen LogP contribution in [0.3, 0.4) is 0 Å². The predicted molar refractivity (Wildman–Crippen MR) is 86.8 cm³/mol. The SMILES string of the molecule is O=C(NCC1(N2CCCCC2)CCOCC1)C1CCNCC1. The Balaban J connectivity index is 1.58. The van der Waals surface area contributed by atoms with Crippen molar-refractivity contribution in [2.75, 3.05) is 45.9 Å². The van der Waals surface area contributed by atoms with Gasteiger partial charge in [0.25, 0.3) is 0 Å². The molecule has 0 bridgehead atoms. The molecule has 0 saturated carbocycles. The van der Waals surface area contributed by atoms with E-state index in [0.717, 1.165) is 58.5 Å². The number of piperidine rings is 2. The van der Waals surface area contributed by atoms with Gasteiger partial charge in [0.1, 0.15) is 0 Å². The van der Waals surface area contributed by atoms with Gasteiger partial charge in [0.05, 0.1) is 0 Å². The molecule has 0 spiro atoms. The largest absolute Gasteiger partial charge is 0.381 e. The van der Waals surface area contributed by atoms with Crippen LogP contribution in [0, 0.1) is 5.92 Å². The fourth-order valence-corrected chi connectivity index (χ4v) is 4.20. The summed E-state index contributed by atoms with van der Waals surface area (Å²) in [5.41, 5.74) is 0.140. The van der Waals surface area contributed by atoms with Crippen molar-refractivity contribution >= 4 is 5.91 Å². The lowest BCUT2D eigenvalue weighted by Gasteiger charge is -2.48. The van der Waals surface area contributed by atoms with E-state index in [1.54, 1.807) is 0 Å².